The molecule has 0 bridgehead atoms. The predicted octanol–water partition coefficient (Wildman–Crippen LogP) is 4.85. The van der Waals surface area contributed by atoms with Crippen LogP contribution in [0.15, 0.2) is 76.1 Å². The molecule has 7 nitrogen and oxygen atoms in total. The van der Waals surface area contributed by atoms with E-state index in [1.807, 2.05) is 6.92 Å². The quantitative estimate of drug-likeness (QED) is 0.414. The maximum atomic E-state index is 13.5. The molecule has 0 aromatic heterocycles. The van der Waals surface area contributed by atoms with Crippen molar-refractivity contribution in [2.24, 2.45) is 0 Å². The first-order valence-corrected chi connectivity index (χ1v) is 12.7. The van der Waals surface area contributed by atoms with E-state index in [2.05, 4.69) is 21.2 Å². The van der Waals surface area contributed by atoms with E-state index in [0.717, 1.165) is 9.87 Å². The van der Waals surface area contributed by atoms with Gasteiger partial charge >= 0.3 is 0 Å². The Bertz CT molecular complexity index is 1260. The number of carbonyl (C=O) groups is 1. The molecule has 0 aliphatic rings. The van der Waals surface area contributed by atoms with Gasteiger partial charge in [-0.15, -0.1) is 0 Å². The fraction of sp³-hybridized carbons (Fsp3) is 0.240. The van der Waals surface area contributed by atoms with Crippen molar-refractivity contribution in [3.63, 3.8) is 0 Å². The number of hydrogen-bond donors (Lipinski definition) is 1. The molecular weight excluding hydrogens is 520 g/mol. The molecule has 0 aliphatic heterocycles. The van der Waals surface area contributed by atoms with Crippen LogP contribution in [0.2, 0.25) is 0 Å². The second-order valence-corrected chi connectivity index (χ2v) is 10.5. The number of aryl methyl sites for hydroxylation is 1. The lowest BCUT2D eigenvalue weighted by Gasteiger charge is -2.25. The van der Waals surface area contributed by atoms with Gasteiger partial charge in [0.2, 0.25) is 5.91 Å². The number of nitrogens with zero attached hydrogens (tertiary/aromatic N) is 1. The summed E-state index contributed by atoms with van der Waals surface area (Å²) in [4.78, 5) is 13.2. The van der Waals surface area contributed by atoms with E-state index in [9.17, 15) is 13.2 Å². The zero-order chi connectivity index (χ0) is 24.9. The lowest BCUT2D eigenvalue weighted by atomic mass is 10.1. The summed E-state index contributed by atoms with van der Waals surface area (Å²) in [6.45, 7) is 3.28. The average Bonchev–Trinajstić information content (AvgIpc) is 2.82. The van der Waals surface area contributed by atoms with Gasteiger partial charge in [0, 0.05) is 10.0 Å². The van der Waals surface area contributed by atoms with Gasteiger partial charge in [-0.25, -0.2) is 8.42 Å². The molecule has 1 amide bonds. The predicted molar refractivity (Wildman–Crippen MR) is 136 cm³/mol. The molecule has 3 aromatic carbocycles. The van der Waals surface area contributed by atoms with Gasteiger partial charge in [0.05, 0.1) is 30.8 Å². The number of halogens is 1. The van der Waals surface area contributed by atoms with E-state index in [1.54, 1.807) is 75.7 Å². The second kappa shape index (κ2) is 10.9. The second-order valence-electron chi connectivity index (χ2n) is 7.70. The third-order valence-corrected chi connectivity index (χ3v) is 7.55. The molecule has 180 valence electrons. The molecule has 0 saturated carbocycles. The largest absolute Gasteiger partial charge is 0.497 e. The van der Waals surface area contributed by atoms with Crippen molar-refractivity contribution in [1.29, 1.82) is 0 Å². The Kier molecular flexibility index (Phi) is 8.22. The third-order valence-electron chi connectivity index (χ3n) is 5.27. The van der Waals surface area contributed by atoms with Crippen LogP contribution >= 0.6 is 15.9 Å². The molecule has 0 spiro atoms. The van der Waals surface area contributed by atoms with Crippen molar-refractivity contribution in [2.75, 3.05) is 25.1 Å². The number of nitrogens with one attached hydrogen (secondary N) is 1. The molecule has 34 heavy (non-hydrogen) atoms. The fourth-order valence-corrected chi connectivity index (χ4v) is 5.26. The Morgan fingerprint density at radius 1 is 1.03 bits per heavy atom. The minimum absolute atomic E-state index is 0.105. The highest BCUT2D eigenvalue weighted by molar-refractivity contribution is 9.10. The number of methoxy groups -OCH3 is 2. The molecule has 0 fully saturated rings. The average molecular weight is 547 g/mol. The number of carbonyl (C=O) groups excluding carboxylic acids is 1. The third kappa shape index (κ3) is 5.90. The molecule has 3 rings (SSSR count). The van der Waals surface area contributed by atoms with Crippen LogP contribution in [0.4, 0.5) is 5.69 Å². The SMILES string of the molecule is COc1ccc(OC)c([C@H](C)NC(=O)CN(c2cccc(Br)c2)S(=O)(=O)c2ccc(C)cc2)c1. The molecule has 3 aromatic rings. The van der Waals surface area contributed by atoms with Gasteiger partial charge in [0.25, 0.3) is 10.0 Å². The van der Waals surface area contributed by atoms with Crippen LogP contribution in [0.5, 0.6) is 11.5 Å². The van der Waals surface area contributed by atoms with Crippen LogP contribution in [-0.2, 0) is 14.8 Å². The Morgan fingerprint density at radius 3 is 2.35 bits per heavy atom. The maximum absolute atomic E-state index is 13.5. The molecular formula is C25H27BrN2O5S. The number of benzene rings is 3. The van der Waals surface area contributed by atoms with Crippen molar-refractivity contribution < 1.29 is 22.7 Å². The summed E-state index contributed by atoms with van der Waals surface area (Å²) in [5, 5.41) is 2.88. The lowest BCUT2D eigenvalue weighted by molar-refractivity contribution is -0.120. The molecule has 1 N–H and O–H groups in total. The number of rotatable bonds is 9. The topological polar surface area (TPSA) is 84.9 Å². The lowest BCUT2D eigenvalue weighted by Crippen LogP contribution is -2.41. The van der Waals surface area contributed by atoms with E-state index in [0.29, 0.717) is 27.2 Å². The van der Waals surface area contributed by atoms with Crippen LogP contribution in [0.3, 0.4) is 0 Å². The minimum atomic E-state index is -4.00. The van der Waals surface area contributed by atoms with Crippen molar-refractivity contribution in [1.82, 2.24) is 5.32 Å². The molecule has 0 saturated heterocycles. The molecule has 9 heteroatoms. The van der Waals surface area contributed by atoms with E-state index in [-0.39, 0.29) is 4.90 Å². The smallest absolute Gasteiger partial charge is 0.264 e. The molecule has 0 radical (unpaired) electrons. The highest BCUT2D eigenvalue weighted by atomic mass is 79.9. The molecule has 0 heterocycles. The van der Waals surface area contributed by atoms with Gasteiger partial charge in [-0.3, -0.25) is 9.10 Å². The van der Waals surface area contributed by atoms with Gasteiger partial charge in [-0.1, -0.05) is 39.7 Å². The molecule has 0 unspecified atom stereocenters. The van der Waals surface area contributed by atoms with Crippen molar-refractivity contribution in [3.05, 3.63) is 82.3 Å². The Labute approximate surface area is 208 Å². The van der Waals surface area contributed by atoms with Crippen LogP contribution in [-0.4, -0.2) is 35.1 Å². The van der Waals surface area contributed by atoms with Crippen molar-refractivity contribution in [2.45, 2.75) is 24.8 Å². The first-order chi connectivity index (χ1) is 16.1. The maximum Gasteiger partial charge on any atom is 0.264 e. The molecule has 0 aliphatic carbocycles. The van der Waals surface area contributed by atoms with Crippen molar-refractivity contribution >= 4 is 37.5 Å². The van der Waals surface area contributed by atoms with E-state index in [4.69, 9.17) is 9.47 Å². The van der Waals surface area contributed by atoms with E-state index in [1.165, 1.54) is 12.1 Å². The standard InChI is InChI=1S/C25H27BrN2O5S/c1-17-8-11-22(12-9-17)34(30,31)28(20-7-5-6-19(26)14-20)16-25(29)27-18(2)23-15-21(32-3)10-13-24(23)33-4/h5-15,18H,16H2,1-4H3,(H,27,29)/t18-/m0/s1. The zero-order valence-electron chi connectivity index (χ0n) is 19.4. The summed E-state index contributed by atoms with van der Waals surface area (Å²) >= 11 is 3.38. The Morgan fingerprint density at radius 2 is 1.74 bits per heavy atom. The normalized spacial score (nSPS) is 12.0. The first kappa shape index (κ1) is 25.6. The minimum Gasteiger partial charge on any atom is -0.497 e. The van der Waals surface area contributed by atoms with Crippen LogP contribution in [0.1, 0.15) is 24.1 Å². The summed E-state index contributed by atoms with van der Waals surface area (Å²) in [5.41, 5.74) is 2.02. The van der Waals surface area contributed by atoms with E-state index >= 15 is 0 Å². The van der Waals surface area contributed by atoms with Gasteiger partial charge in [0.15, 0.2) is 0 Å². The zero-order valence-corrected chi connectivity index (χ0v) is 21.8. The number of hydrogen-bond acceptors (Lipinski definition) is 5. The monoisotopic (exact) mass is 546 g/mol. The van der Waals surface area contributed by atoms with Gasteiger partial charge in [-0.05, 0) is 62.4 Å². The number of anilines is 1. The van der Waals surface area contributed by atoms with Crippen LogP contribution in [0, 0.1) is 6.92 Å². The fourth-order valence-electron chi connectivity index (χ4n) is 3.46. The van der Waals surface area contributed by atoms with Gasteiger partial charge < -0.3 is 14.8 Å². The van der Waals surface area contributed by atoms with Gasteiger partial charge in [0.1, 0.15) is 18.0 Å². The Hall–Kier alpha value is -3.04. The van der Waals surface area contributed by atoms with E-state index < -0.39 is 28.5 Å². The Balaban J connectivity index is 1.91. The summed E-state index contributed by atoms with van der Waals surface area (Å²) in [7, 11) is -0.899. The highest BCUT2D eigenvalue weighted by Crippen LogP contribution is 2.30. The number of amides is 1. The summed E-state index contributed by atoms with van der Waals surface area (Å²) in [6.07, 6.45) is 0. The number of sulfonamides is 1. The van der Waals surface area contributed by atoms with Crippen LogP contribution < -0.4 is 19.1 Å². The van der Waals surface area contributed by atoms with Gasteiger partial charge in [-0.2, -0.15) is 0 Å². The van der Waals surface area contributed by atoms with Crippen LogP contribution in [0.25, 0.3) is 0 Å². The summed E-state index contributed by atoms with van der Waals surface area (Å²) in [5.74, 6) is 0.743. The summed E-state index contributed by atoms with van der Waals surface area (Å²) in [6, 6.07) is 18.2. The highest BCUT2D eigenvalue weighted by Gasteiger charge is 2.28. The number of ether oxygens (including phenoxy) is 2. The van der Waals surface area contributed by atoms with Crippen molar-refractivity contribution in [3.8, 4) is 11.5 Å². The molecule has 1 atom stereocenters. The first-order valence-electron chi connectivity index (χ1n) is 10.5. The summed E-state index contributed by atoms with van der Waals surface area (Å²) < 4.78 is 39.6.